The van der Waals surface area contributed by atoms with E-state index in [2.05, 4.69) is 11.8 Å². The van der Waals surface area contributed by atoms with E-state index in [9.17, 15) is 4.39 Å². The first-order chi connectivity index (χ1) is 8.24. The first kappa shape index (κ1) is 12.4. The molecule has 1 saturated heterocycles. The standard InChI is InChI=1S/C14H20FNO/c1-2-11-4-3-7-16(9-11)14-6-5-12(10-17)8-13(14)15/h5-6,8,11,17H,2-4,7,9-10H2,1H3. The summed E-state index contributed by atoms with van der Waals surface area (Å²) >= 11 is 0. The maximum atomic E-state index is 13.9. The van der Waals surface area contributed by atoms with Gasteiger partial charge in [-0.05, 0) is 36.5 Å². The number of piperidine rings is 1. The van der Waals surface area contributed by atoms with Crippen molar-refractivity contribution >= 4 is 5.69 Å². The molecular weight excluding hydrogens is 217 g/mol. The van der Waals surface area contributed by atoms with E-state index in [4.69, 9.17) is 5.11 Å². The molecule has 0 spiro atoms. The van der Waals surface area contributed by atoms with E-state index in [-0.39, 0.29) is 12.4 Å². The van der Waals surface area contributed by atoms with E-state index in [0.717, 1.165) is 25.9 Å². The van der Waals surface area contributed by atoms with Crippen molar-refractivity contribution in [2.45, 2.75) is 32.8 Å². The third-order valence-corrected chi connectivity index (χ3v) is 3.63. The van der Waals surface area contributed by atoms with Gasteiger partial charge in [0.1, 0.15) is 5.82 Å². The molecule has 2 nitrogen and oxygen atoms in total. The third kappa shape index (κ3) is 2.78. The largest absolute Gasteiger partial charge is 0.392 e. The Kier molecular flexibility index (Phi) is 4.00. The Hall–Kier alpha value is -1.09. The zero-order chi connectivity index (χ0) is 12.3. The molecule has 1 aromatic carbocycles. The zero-order valence-electron chi connectivity index (χ0n) is 10.3. The van der Waals surface area contributed by atoms with E-state index < -0.39 is 0 Å². The summed E-state index contributed by atoms with van der Waals surface area (Å²) in [7, 11) is 0. The van der Waals surface area contributed by atoms with Gasteiger partial charge in [-0.15, -0.1) is 0 Å². The Balaban J connectivity index is 2.16. The molecule has 0 radical (unpaired) electrons. The Morgan fingerprint density at radius 3 is 2.94 bits per heavy atom. The molecule has 3 heteroatoms. The highest BCUT2D eigenvalue weighted by Crippen LogP contribution is 2.27. The lowest BCUT2D eigenvalue weighted by Crippen LogP contribution is -2.35. The number of nitrogens with zero attached hydrogens (tertiary/aromatic N) is 1. The van der Waals surface area contributed by atoms with E-state index >= 15 is 0 Å². The van der Waals surface area contributed by atoms with Crippen molar-refractivity contribution in [1.29, 1.82) is 0 Å². The van der Waals surface area contributed by atoms with E-state index in [1.165, 1.54) is 12.5 Å². The van der Waals surface area contributed by atoms with Crippen molar-refractivity contribution < 1.29 is 9.50 Å². The summed E-state index contributed by atoms with van der Waals surface area (Å²) in [5, 5.41) is 8.96. The fourth-order valence-corrected chi connectivity index (χ4v) is 2.52. The number of rotatable bonds is 3. The molecule has 1 unspecified atom stereocenters. The lowest BCUT2D eigenvalue weighted by molar-refractivity contribution is 0.281. The molecule has 0 amide bonds. The second-order valence-corrected chi connectivity index (χ2v) is 4.81. The van der Waals surface area contributed by atoms with Crippen molar-refractivity contribution in [2.24, 2.45) is 5.92 Å². The molecule has 0 aromatic heterocycles. The highest BCUT2D eigenvalue weighted by molar-refractivity contribution is 5.49. The summed E-state index contributed by atoms with van der Waals surface area (Å²) in [6.07, 6.45) is 3.55. The minimum absolute atomic E-state index is 0.102. The van der Waals surface area contributed by atoms with Crippen molar-refractivity contribution in [3.63, 3.8) is 0 Å². The van der Waals surface area contributed by atoms with Crippen LogP contribution < -0.4 is 4.90 Å². The van der Waals surface area contributed by atoms with Gasteiger partial charge >= 0.3 is 0 Å². The van der Waals surface area contributed by atoms with Crippen molar-refractivity contribution in [2.75, 3.05) is 18.0 Å². The molecule has 1 aliphatic heterocycles. The first-order valence-electron chi connectivity index (χ1n) is 6.38. The highest BCUT2D eigenvalue weighted by atomic mass is 19.1. The second-order valence-electron chi connectivity index (χ2n) is 4.81. The molecular formula is C14H20FNO. The normalized spacial score (nSPS) is 20.6. The van der Waals surface area contributed by atoms with Crippen LogP contribution in [0.15, 0.2) is 18.2 Å². The number of aliphatic hydroxyl groups excluding tert-OH is 1. The third-order valence-electron chi connectivity index (χ3n) is 3.63. The lowest BCUT2D eigenvalue weighted by atomic mass is 9.95. The van der Waals surface area contributed by atoms with Crippen LogP contribution in [0.25, 0.3) is 0 Å². The van der Waals surface area contributed by atoms with Gasteiger partial charge < -0.3 is 10.0 Å². The van der Waals surface area contributed by atoms with Gasteiger partial charge in [-0.1, -0.05) is 19.4 Å². The van der Waals surface area contributed by atoms with Crippen LogP contribution in [-0.4, -0.2) is 18.2 Å². The Bertz CT molecular complexity index is 380. The molecule has 1 N–H and O–H groups in total. The number of hydrogen-bond donors (Lipinski definition) is 1. The molecule has 0 bridgehead atoms. The average Bonchev–Trinajstić information content (AvgIpc) is 2.38. The summed E-state index contributed by atoms with van der Waals surface area (Å²) in [4.78, 5) is 2.13. The van der Waals surface area contributed by atoms with Crippen LogP contribution in [0, 0.1) is 11.7 Å². The maximum Gasteiger partial charge on any atom is 0.146 e. The van der Waals surface area contributed by atoms with Gasteiger partial charge in [0.05, 0.1) is 12.3 Å². The summed E-state index contributed by atoms with van der Waals surface area (Å²) < 4.78 is 13.9. The second kappa shape index (κ2) is 5.50. The molecule has 17 heavy (non-hydrogen) atoms. The Morgan fingerprint density at radius 2 is 2.29 bits per heavy atom. The molecule has 1 heterocycles. The van der Waals surface area contributed by atoms with Crippen LogP contribution in [0.4, 0.5) is 10.1 Å². The van der Waals surface area contributed by atoms with E-state index in [1.807, 2.05) is 0 Å². The molecule has 1 fully saturated rings. The van der Waals surface area contributed by atoms with Crippen LogP contribution in [0.3, 0.4) is 0 Å². The van der Waals surface area contributed by atoms with Crippen LogP contribution in [-0.2, 0) is 6.61 Å². The smallest absolute Gasteiger partial charge is 0.146 e. The molecule has 1 aliphatic rings. The predicted octanol–water partition coefficient (Wildman–Crippen LogP) is 2.94. The summed E-state index contributed by atoms with van der Waals surface area (Å²) in [6.45, 7) is 3.98. The van der Waals surface area contributed by atoms with Crippen LogP contribution in [0.2, 0.25) is 0 Å². The zero-order valence-corrected chi connectivity index (χ0v) is 10.3. The average molecular weight is 237 g/mol. The van der Waals surface area contributed by atoms with E-state index in [0.29, 0.717) is 17.2 Å². The van der Waals surface area contributed by atoms with Crippen molar-refractivity contribution in [3.05, 3.63) is 29.6 Å². The predicted molar refractivity (Wildman–Crippen MR) is 67.6 cm³/mol. The van der Waals surface area contributed by atoms with Gasteiger partial charge in [0, 0.05) is 13.1 Å². The number of anilines is 1. The maximum absolute atomic E-state index is 13.9. The topological polar surface area (TPSA) is 23.5 Å². The van der Waals surface area contributed by atoms with Gasteiger partial charge in [-0.3, -0.25) is 0 Å². The molecule has 1 atom stereocenters. The minimum atomic E-state index is -0.215. The first-order valence-corrected chi connectivity index (χ1v) is 6.38. The monoisotopic (exact) mass is 237 g/mol. The van der Waals surface area contributed by atoms with E-state index in [1.54, 1.807) is 12.1 Å². The fourth-order valence-electron chi connectivity index (χ4n) is 2.52. The SMILES string of the molecule is CCC1CCCN(c2ccc(CO)cc2F)C1. The van der Waals surface area contributed by atoms with Crippen LogP contribution in [0.5, 0.6) is 0 Å². The van der Waals surface area contributed by atoms with Crippen LogP contribution in [0.1, 0.15) is 31.7 Å². The number of hydrogen-bond acceptors (Lipinski definition) is 2. The summed E-state index contributed by atoms with van der Waals surface area (Å²) in [5.41, 5.74) is 1.32. The molecule has 1 aromatic rings. The van der Waals surface area contributed by atoms with Gasteiger partial charge in [0.2, 0.25) is 0 Å². The fraction of sp³-hybridized carbons (Fsp3) is 0.571. The number of aliphatic hydroxyl groups is 1. The van der Waals surface area contributed by atoms with Gasteiger partial charge in [0.25, 0.3) is 0 Å². The van der Waals surface area contributed by atoms with Crippen molar-refractivity contribution in [1.82, 2.24) is 0 Å². The summed E-state index contributed by atoms with van der Waals surface area (Å²) in [6, 6.07) is 5.03. The number of benzene rings is 1. The van der Waals surface area contributed by atoms with Gasteiger partial charge in [-0.2, -0.15) is 0 Å². The molecule has 0 saturated carbocycles. The molecule has 94 valence electrons. The van der Waals surface area contributed by atoms with Crippen LogP contribution >= 0.6 is 0 Å². The lowest BCUT2D eigenvalue weighted by Gasteiger charge is -2.34. The quantitative estimate of drug-likeness (QED) is 0.873. The minimum Gasteiger partial charge on any atom is -0.392 e. The highest BCUT2D eigenvalue weighted by Gasteiger charge is 2.20. The molecule has 0 aliphatic carbocycles. The van der Waals surface area contributed by atoms with Crippen molar-refractivity contribution in [3.8, 4) is 0 Å². The van der Waals surface area contributed by atoms with Gasteiger partial charge in [0.15, 0.2) is 0 Å². The van der Waals surface area contributed by atoms with Gasteiger partial charge in [-0.25, -0.2) is 4.39 Å². The molecule has 2 rings (SSSR count). The number of halogens is 1. The Labute approximate surface area is 102 Å². The summed E-state index contributed by atoms with van der Waals surface area (Å²) in [5.74, 6) is 0.467. The Morgan fingerprint density at radius 1 is 1.47 bits per heavy atom.